The molecule has 3 rings (SSSR count). The quantitative estimate of drug-likeness (QED) is 0.285. The van der Waals surface area contributed by atoms with Crippen molar-refractivity contribution in [2.45, 2.75) is 0 Å². The summed E-state index contributed by atoms with van der Waals surface area (Å²) >= 11 is 0. The Labute approximate surface area is 165 Å². The molecular weight excluding hydrogens is 374 g/mol. The van der Waals surface area contributed by atoms with Gasteiger partial charge in [0.2, 0.25) is 0 Å². The maximum Gasteiger partial charge on any atom is 0.273 e. The molecule has 0 radical (unpaired) electrons. The molecule has 29 heavy (non-hydrogen) atoms. The molecule has 0 atom stereocenters. The number of carbonyl (C=O) groups is 1. The van der Waals surface area contributed by atoms with Crippen LogP contribution in [0.2, 0.25) is 0 Å². The number of para-hydroxylation sites is 1. The van der Waals surface area contributed by atoms with Gasteiger partial charge in [-0.15, -0.1) is 0 Å². The number of carbonyl (C=O) groups excluding carboxylic acids is 1. The van der Waals surface area contributed by atoms with Crippen LogP contribution in [-0.2, 0) is 4.79 Å². The number of amides is 1. The summed E-state index contributed by atoms with van der Waals surface area (Å²) < 4.78 is 5.08. The molecule has 144 valence electrons. The third-order valence-electron chi connectivity index (χ3n) is 4.01. The minimum absolute atomic E-state index is 0.107. The zero-order chi connectivity index (χ0) is 20.8. The van der Waals surface area contributed by atoms with Crippen molar-refractivity contribution in [3.8, 4) is 11.8 Å². The number of non-ortho nitro benzene ring substituents is 1. The minimum Gasteiger partial charge on any atom is -0.494 e. The first-order valence-electron chi connectivity index (χ1n) is 8.38. The topological polar surface area (TPSA) is 130 Å². The molecule has 1 heterocycles. The lowest BCUT2D eigenvalue weighted by molar-refractivity contribution is -0.384. The molecule has 1 aromatic heterocycles. The van der Waals surface area contributed by atoms with Crippen LogP contribution in [0.15, 0.2) is 66.5 Å². The van der Waals surface area contributed by atoms with E-state index >= 15 is 0 Å². The number of nitriles is 1. The Morgan fingerprint density at radius 1 is 1.24 bits per heavy atom. The molecule has 1 amide bonds. The molecular formula is C20H15N5O4. The molecule has 2 N–H and O–H groups in total. The molecule has 0 aliphatic carbocycles. The summed E-state index contributed by atoms with van der Waals surface area (Å²) in [5.74, 6) is -0.587. The number of nitro benzene ring substituents is 1. The van der Waals surface area contributed by atoms with Crippen LogP contribution in [0, 0.1) is 21.4 Å². The fraction of sp³-hybridized carbons (Fsp3) is 0.0500. The van der Waals surface area contributed by atoms with Crippen LogP contribution in [-0.4, -0.2) is 22.9 Å². The van der Waals surface area contributed by atoms with Crippen molar-refractivity contribution in [3.63, 3.8) is 0 Å². The highest BCUT2D eigenvalue weighted by atomic mass is 16.6. The third-order valence-corrected chi connectivity index (χ3v) is 4.01. The average molecular weight is 389 g/mol. The van der Waals surface area contributed by atoms with Gasteiger partial charge < -0.3 is 15.4 Å². The molecule has 0 aliphatic heterocycles. The lowest BCUT2D eigenvalue weighted by Crippen LogP contribution is -2.15. The van der Waals surface area contributed by atoms with Crippen molar-refractivity contribution >= 4 is 33.9 Å². The average Bonchev–Trinajstić information content (AvgIpc) is 2.74. The largest absolute Gasteiger partial charge is 0.494 e. The maximum atomic E-state index is 12.5. The van der Waals surface area contributed by atoms with E-state index in [9.17, 15) is 20.2 Å². The number of nitrogens with one attached hydrogen (secondary N) is 2. The fourth-order valence-corrected chi connectivity index (χ4v) is 2.61. The van der Waals surface area contributed by atoms with E-state index in [-0.39, 0.29) is 22.7 Å². The standard InChI is InChI=1S/C20H15N5O4/c1-29-18-10-15(25(27)28)7-8-16(18)24-20(26)14(11-21)12-23-17-6-2-4-13-5-3-9-22-19(13)17/h2-10,12,23H,1H3,(H,24,26)/b14-12-. The number of nitrogens with zero attached hydrogens (tertiary/aromatic N) is 3. The SMILES string of the molecule is COc1cc([N+](=O)[O-])ccc1NC(=O)/C(C#N)=C\Nc1cccc2cccnc12. The zero-order valence-corrected chi connectivity index (χ0v) is 15.2. The van der Waals surface area contributed by atoms with Gasteiger partial charge in [-0.1, -0.05) is 18.2 Å². The Kier molecular flexibility index (Phi) is 5.66. The van der Waals surface area contributed by atoms with Crippen LogP contribution < -0.4 is 15.4 Å². The van der Waals surface area contributed by atoms with E-state index in [1.165, 1.54) is 31.5 Å². The summed E-state index contributed by atoms with van der Waals surface area (Å²) in [5.41, 5.74) is 1.16. The van der Waals surface area contributed by atoms with Crippen LogP contribution in [0.25, 0.3) is 10.9 Å². The second-order valence-corrected chi connectivity index (χ2v) is 5.79. The minimum atomic E-state index is -0.694. The van der Waals surface area contributed by atoms with E-state index in [1.54, 1.807) is 12.3 Å². The Morgan fingerprint density at radius 2 is 2.03 bits per heavy atom. The number of anilines is 2. The first-order valence-corrected chi connectivity index (χ1v) is 8.38. The Hall–Kier alpha value is -4.45. The van der Waals surface area contributed by atoms with Gasteiger partial charge in [0.05, 0.1) is 35.0 Å². The van der Waals surface area contributed by atoms with E-state index in [1.807, 2.05) is 30.3 Å². The van der Waals surface area contributed by atoms with Crippen LogP contribution in [0.4, 0.5) is 17.1 Å². The van der Waals surface area contributed by atoms with Crippen LogP contribution in [0.3, 0.4) is 0 Å². The molecule has 0 unspecified atom stereocenters. The van der Waals surface area contributed by atoms with Crippen molar-refractivity contribution < 1.29 is 14.5 Å². The van der Waals surface area contributed by atoms with Crippen molar-refractivity contribution in [1.82, 2.24) is 4.98 Å². The van der Waals surface area contributed by atoms with Crippen molar-refractivity contribution in [2.24, 2.45) is 0 Å². The van der Waals surface area contributed by atoms with Crippen molar-refractivity contribution in [2.75, 3.05) is 17.7 Å². The highest BCUT2D eigenvalue weighted by Crippen LogP contribution is 2.29. The first kappa shape index (κ1) is 19.3. The number of hydrogen-bond acceptors (Lipinski definition) is 7. The zero-order valence-electron chi connectivity index (χ0n) is 15.2. The van der Waals surface area contributed by atoms with Gasteiger partial charge in [0, 0.05) is 23.8 Å². The summed E-state index contributed by atoms with van der Waals surface area (Å²) in [4.78, 5) is 27.1. The number of rotatable bonds is 6. The van der Waals surface area contributed by atoms with Crippen LogP contribution in [0.1, 0.15) is 0 Å². The summed E-state index contributed by atoms with van der Waals surface area (Å²) in [6.45, 7) is 0. The lowest BCUT2D eigenvalue weighted by atomic mass is 10.2. The van der Waals surface area contributed by atoms with Gasteiger partial charge in [0.15, 0.2) is 0 Å². The van der Waals surface area contributed by atoms with E-state index in [0.29, 0.717) is 11.2 Å². The van der Waals surface area contributed by atoms with E-state index in [0.717, 1.165) is 5.39 Å². The molecule has 2 aromatic carbocycles. The normalized spacial score (nSPS) is 10.8. The second kappa shape index (κ2) is 8.49. The maximum absolute atomic E-state index is 12.5. The molecule has 0 spiro atoms. The van der Waals surface area contributed by atoms with Gasteiger partial charge in [-0.2, -0.15) is 5.26 Å². The van der Waals surface area contributed by atoms with Gasteiger partial charge >= 0.3 is 0 Å². The van der Waals surface area contributed by atoms with E-state index in [4.69, 9.17) is 4.74 Å². The number of aromatic nitrogens is 1. The molecule has 9 heteroatoms. The highest BCUT2D eigenvalue weighted by Gasteiger charge is 2.16. The first-order chi connectivity index (χ1) is 14.0. The van der Waals surface area contributed by atoms with Crippen molar-refractivity contribution in [1.29, 1.82) is 5.26 Å². The monoisotopic (exact) mass is 389 g/mol. The van der Waals surface area contributed by atoms with Crippen molar-refractivity contribution in [3.05, 3.63) is 76.6 Å². The molecule has 0 fully saturated rings. The van der Waals surface area contributed by atoms with Gasteiger partial charge in [0.25, 0.3) is 11.6 Å². The van der Waals surface area contributed by atoms with E-state index in [2.05, 4.69) is 15.6 Å². The summed E-state index contributed by atoms with van der Waals surface area (Å²) in [5, 5.41) is 26.6. The van der Waals surface area contributed by atoms with Gasteiger partial charge in [-0.3, -0.25) is 19.9 Å². The number of nitro groups is 1. The van der Waals surface area contributed by atoms with Gasteiger partial charge in [-0.05, 0) is 18.2 Å². The Balaban J connectivity index is 1.82. The second-order valence-electron chi connectivity index (χ2n) is 5.79. The fourth-order valence-electron chi connectivity index (χ4n) is 2.61. The number of fused-ring (bicyclic) bond motifs is 1. The van der Waals surface area contributed by atoms with Crippen LogP contribution >= 0.6 is 0 Å². The summed E-state index contributed by atoms with van der Waals surface area (Å²) in [7, 11) is 1.32. The van der Waals surface area contributed by atoms with E-state index < -0.39 is 10.8 Å². The molecule has 0 bridgehead atoms. The molecule has 0 saturated heterocycles. The number of benzene rings is 2. The van der Waals surface area contributed by atoms with Gasteiger partial charge in [0.1, 0.15) is 17.4 Å². The highest BCUT2D eigenvalue weighted by molar-refractivity contribution is 6.07. The predicted molar refractivity (Wildman–Crippen MR) is 107 cm³/mol. The number of methoxy groups -OCH3 is 1. The third kappa shape index (κ3) is 4.28. The number of pyridine rings is 1. The smallest absolute Gasteiger partial charge is 0.273 e. The number of ether oxygens (including phenoxy) is 1. The summed E-state index contributed by atoms with van der Waals surface area (Å²) in [6, 6.07) is 14.8. The lowest BCUT2D eigenvalue weighted by Gasteiger charge is -2.10. The Bertz CT molecular complexity index is 1160. The van der Waals surface area contributed by atoms with Crippen LogP contribution in [0.5, 0.6) is 5.75 Å². The van der Waals surface area contributed by atoms with Gasteiger partial charge in [-0.25, -0.2) is 0 Å². The molecule has 0 saturated carbocycles. The molecule has 9 nitrogen and oxygen atoms in total. The summed E-state index contributed by atoms with van der Waals surface area (Å²) in [6.07, 6.45) is 2.92. The Morgan fingerprint density at radius 3 is 2.76 bits per heavy atom. The predicted octanol–water partition coefficient (Wildman–Crippen LogP) is 3.61. The molecule has 0 aliphatic rings. The molecule has 3 aromatic rings. The number of hydrogen-bond donors (Lipinski definition) is 2.